The van der Waals surface area contributed by atoms with Gasteiger partial charge in [0.05, 0.1) is 22.6 Å². The number of rotatable bonds is 8. The van der Waals surface area contributed by atoms with Crippen molar-refractivity contribution < 1.29 is 23.9 Å². The van der Waals surface area contributed by atoms with Gasteiger partial charge in [-0.15, -0.1) is 0 Å². The average Bonchev–Trinajstić information content (AvgIpc) is 2.98. The van der Waals surface area contributed by atoms with E-state index in [2.05, 4.69) is 21.2 Å². The Kier molecular flexibility index (Phi) is 8.22. The largest absolute Gasteiger partial charge is 0.490 e. The van der Waals surface area contributed by atoms with E-state index >= 15 is 0 Å². The maximum absolute atomic E-state index is 12.8. The van der Waals surface area contributed by atoms with E-state index in [9.17, 15) is 14.4 Å². The molecule has 1 aliphatic heterocycles. The zero-order valence-corrected chi connectivity index (χ0v) is 20.5. The summed E-state index contributed by atoms with van der Waals surface area (Å²) in [4.78, 5) is 38.6. The molecule has 0 spiro atoms. The molecule has 1 aliphatic rings. The Hall–Kier alpha value is -2.49. The summed E-state index contributed by atoms with van der Waals surface area (Å²) in [5.74, 6) is 0.0508. The van der Waals surface area contributed by atoms with Crippen LogP contribution in [0.25, 0.3) is 6.08 Å². The van der Waals surface area contributed by atoms with Crippen molar-refractivity contribution >= 4 is 68.1 Å². The van der Waals surface area contributed by atoms with Crippen LogP contribution < -0.4 is 14.8 Å². The Labute approximate surface area is 203 Å². The van der Waals surface area contributed by atoms with Gasteiger partial charge in [0.25, 0.3) is 11.1 Å². The van der Waals surface area contributed by atoms with E-state index in [-0.39, 0.29) is 4.91 Å². The fraction of sp³-hybridized carbons (Fsp3) is 0.227. The van der Waals surface area contributed by atoms with Gasteiger partial charge in [-0.3, -0.25) is 19.3 Å². The number of amides is 3. The van der Waals surface area contributed by atoms with Crippen molar-refractivity contribution in [3.05, 3.63) is 56.4 Å². The first kappa shape index (κ1) is 24.2. The molecule has 0 radical (unpaired) electrons. The number of carbonyl (C=O) groups is 3. The number of imide groups is 1. The molecule has 2 aromatic carbocycles. The van der Waals surface area contributed by atoms with Gasteiger partial charge in [0, 0.05) is 10.7 Å². The summed E-state index contributed by atoms with van der Waals surface area (Å²) in [6.07, 6.45) is 1.59. The zero-order chi connectivity index (χ0) is 23.3. The molecule has 0 bridgehead atoms. The molecule has 0 unspecified atom stereocenters. The molecule has 0 saturated carbocycles. The first-order valence-electron chi connectivity index (χ1n) is 9.72. The van der Waals surface area contributed by atoms with Crippen molar-refractivity contribution in [3.8, 4) is 11.5 Å². The van der Waals surface area contributed by atoms with E-state index in [1.807, 2.05) is 13.8 Å². The third-order valence-corrected chi connectivity index (χ3v) is 5.93. The summed E-state index contributed by atoms with van der Waals surface area (Å²) in [5, 5.41) is 2.57. The number of benzene rings is 2. The highest BCUT2D eigenvalue weighted by molar-refractivity contribution is 9.10. The lowest BCUT2D eigenvalue weighted by Gasteiger charge is -2.14. The number of nitrogens with one attached hydrogen (secondary N) is 1. The molecule has 1 saturated heterocycles. The number of anilines is 1. The van der Waals surface area contributed by atoms with Gasteiger partial charge in [-0.05, 0) is 83.5 Å². The molecular formula is C22H20BrClN2O5S. The Balaban J connectivity index is 1.77. The molecule has 1 N–H and O–H groups in total. The highest BCUT2D eigenvalue weighted by Gasteiger charge is 2.36. The zero-order valence-electron chi connectivity index (χ0n) is 17.3. The van der Waals surface area contributed by atoms with E-state index in [4.69, 9.17) is 21.1 Å². The molecule has 10 heteroatoms. The molecule has 0 aromatic heterocycles. The van der Waals surface area contributed by atoms with Gasteiger partial charge in [-0.1, -0.05) is 17.7 Å². The summed E-state index contributed by atoms with van der Waals surface area (Å²) >= 11 is 10.1. The summed E-state index contributed by atoms with van der Waals surface area (Å²) in [6, 6.07) is 10.1. The normalized spacial score (nSPS) is 14.8. The minimum Gasteiger partial charge on any atom is -0.490 e. The lowest BCUT2D eigenvalue weighted by Crippen LogP contribution is -2.36. The van der Waals surface area contributed by atoms with E-state index in [1.54, 1.807) is 42.5 Å². The van der Waals surface area contributed by atoms with Gasteiger partial charge in [-0.25, -0.2) is 0 Å². The van der Waals surface area contributed by atoms with Gasteiger partial charge in [-0.2, -0.15) is 0 Å². The number of hydrogen-bond acceptors (Lipinski definition) is 6. The van der Waals surface area contributed by atoms with Crippen LogP contribution in [0.5, 0.6) is 11.5 Å². The molecule has 32 heavy (non-hydrogen) atoms. The molecule has 168 valence electrons. The van der Waals surface area contributed by atoms with Crippen molar-refractivity contribution in [1.82, 2.24) is 4.90 Å². The highest BCUT2D eigenvalue weighted by atomic mass is 79.9. The van der Waals surface area contributed by atoms with Gasteiger partial charge in [0.1, 0.15) is 6.54 Å². The van der Waals surface area contributed by atoms with Gasteiger partial charge >= 0.3 is 0 Å². The Morgan fingerprint density at radius 1 is 1.19 bits per heavy atom. The number of hydrogen-bond donors (Lipinski definition) is 1. The highest BCUT2D eigenvalue weighted by Crippen LogP contribution is 2.39. The van der Waals surface area contributed by atoms with Crippen molar-refractivity contribution in [2.45, 2.75) is 13.8 Å². The predicted molar refractivity (Wildman–Crippen MR) is 129 cm³/mol. The van der Waals surface area contributed by atoms with E-state index in [0.29, 0.717) is 45.5 Å². The molecule has 0 atom stereocenters. The number of thioether (sulfide) groups is 1. The number of nitrogens with zero attached hydrogens (tertiary/aromatic N) is 1. The van der Waals surface area contributed by atoms with Crippen molar-refractivity contribution in [3.63, 3.8) is 0 Å². The van der Waals surface area contributed by atoms with Crippen LogP contribution in [0.2, 0.25) is 5.02 Å². The third kappa shape index (κ3) is 5.85. The van der Waals surface area contributed by atoms with Crippen LogP contribution in [-0.4, -0.2) is 41.7 Å². The lowest BCUT2D eigenvalue weighted by molar-refractivity contribution is -0.127. The lowest BCUT2D eigenvalue weighted by atomic mass is 10.2. The molecule has 3 amide bonds. The number of halogens is 2. The molecule has 3 rings (SSSR count). The second-order valence-corrected chi connectivity index (χ2v) is 8.81. The molecule has 0 aliphatic carbocycles. The molecule has 7 nitrogen and oxygen atoms in total. The summed E-state index contributed by atoms with van der Waals surface area (Å²) < 4.78 is 11.9. The number of ether oxygens (including phenoxy) is 2. The van der Waals surface area contributed by atoms with E-state index in [1.165, 1.54) is 0 Å². The minimum absolute atomic E-state index is 0.212. The minimum atomic E-state index is -0.538. The first-order valence-corrected chi connectivity index (χ1v) is 11.7. The van der Waals surface area contributed by atoms with Crippen molar-refractivity contribution in [2.24, 2.45) is 0 Å². The summed E-state index contributed by atoms with van der Waals surface area (Å²) in [6.45, 7) is 4.23. The van der Waals surface area contributed by atoms with Crippen LogP contribution in [0.15, 0.2) is 45.8 Å². The second-order valence-electron chi connectivity index (χ2n) is 6.52. The van der Waals surface area contributed by atoms with Gasteiger partial charge in [0.15, 0.2) is 11.5 Å². The molecule has 1 heterocycles. The second kappa shape index (κ2) is 10.9. The Bertz CT molecular complexity index is 1090. The fourth-order valence-corrected chi connectivity index (χ4v) is 4.52. The van der Waals surface area contributed by atoms with E-state index < -0.39 is 23.6 Å². The van der Waals surface area contributed by atoms with Crippen LogP contribution in [0.3, 0.4) is 0 Å². The van der Waals surface area contributed by atoms with Gasteiger partial charge < -0.3 is 14.8 Å². The Morgan fingerprint density at radius 2 is 1.94 bits per heavy atom. The maximum atomic E-state index is 12.8. The average molecular weight is 540 g/mol. The predicted octanol–water partition coefficient (Wildman–Crippen LogP) is 5.57. The Morgan fingerprint density at radius 3 is 2.62 bits per heavy atom. The van der Waals surface area contributed by atoms with Crippen LogP contribution in [0.1, 0.15) is 19.4 Å². The topological polar surface area (TPSA) is 84.9 Å². The van der Waals surface area contributed by atoms with Crippen LogP contribution in [0, 0.1) is 0 Å². The van der Waals surface area contributed by atoms with E-state index in [0.717, 1.165) is 16.7 Å². The third-order valence-electron chi connectivity index (χ3n) is 4.20. The molecule has 2 aromatic rings. The van der Waals surface area contributed by atoms with Crippen LogP contribution in [0.4, 0.5) is 10.5 Å². The van der Waals surface area contributed by atoms with Crippen molar-refractivity contribution in [1.29, 1.82) is 0 Å². The van der Waals surface area contributed by atoms with Crippen molar-refractivity contribution in [2.75, 3.05) is 25.1 Å². The fourth-order valence-electron chi connectivity index (χ4n) is 2.92. The standard InChI is InChI=1S/C22H20BrClN2O5S/c1-3-30-17-9-13(8-16(23)20(17)31-4-2)10-18-21(28)26(22(29)32-18)12-19(27)25-15-7-5-6-14(24)11-15/h5-11H,3-4,12H2,1-2H3,(H,25,27)/b18-10+. The first-order chi connectivity index (χ1) is 15.3. The number of carbonyl (C=O) groups excluding carboxylic acids is 3. The molecule has 1 fully saturated rings. The van der Waals surface area contributed by atoms with Crippen LogP contribution in [-0.2, 0) is 9.59 Å². The monoisotopic (exact) mass is 538 g/mol. The smallest absolute Gasteiger partial charge is 0.294 e. The maximum Gasteiger partial charge on any atom is 0.294 e. The quantitative estimate of drug-likeness (QED) is 0.441. The summed E-state index contributed by atoms with van der Waals surface area (Å²) in [5.41, 5.74) is 1.13. The van der Waals surface area contributed by atoms with Gasteiger partial charge in [0.2, 0.25) is 5.91 Å². The molecular weight excluding hydrogens is 520 g/mol. The van der Waals surface area contributed by atoms with Crippen LogP contribution >= 0.6 is 39.3 Å². The summed E-state index contributed by atoms with van der Waals surface area (Å²) in [7, 11) is 0. The SMILES string of the molecule is CCOc1cc(/C=C2/SC(=O)N(CC(=O)Nc3cccc(Cl)c3)C2=O)cc(Br)c1OCC.